The molecule has 0 aromatic heterocycles. The van der Waals surface area contributed by atoms with Crippen molar-refractivity contribution in [3.05, 3.63) is 60.0 Å². The summed E-state index contributed by atoms with van der Waals surface area (Å²) in [5, 5.41) is 9.02. The van der Waals surface area contributed by atoms with Crippen LogP contribution in [0.5, 0.6) is 0 Å². The maximum Gasteiger partial charge on any atom is 0.257 e. The van der Waals surface area contributed by atoms with Gasteiger partial charge >= 0.3 is 0 Å². The average Bonchev–Trinajstić information content (AvgIpc) is 2.99. The summed E-state index contributed by atoms with van der Waals surface area (Å²) in [6.45, 7) is 10.2. The second kappa shape index (κ2) is 9.09. The van der Waals surface area contributed by atoms with E-state index in [2.05, 4.69) is 48.5 Å². The first-order chi connectivity index (χ1) is 13.9. The fourth-order valence-electron chi connectivity index (χ4n) is 3.62. The number of nitrogens with one attached hydrogen (secondary N) is 3. The third kappa shape index (κ3) is 4.95. The van der Waals surface area contributed by atoms with Crippen LogP contribution in [0.15, 0.2) is 48.7 Å². The van der Waals surface area contributed by atoms with Gasteiger partial charge in [-0.1, -0.05) is 18.2 Å². The van der Waals surface area contributed by atoms with Gasteiger partial charge in [0.15, 0.2) is 0 Å². The van der Waals surface area contributed by atoms with E-state index in [4.69, 9.17) is 0 Å². The van der Waals surface area contributed by atoms with Crippen molar-refractivity contribution >= 4 is 28.5 Å². The van der Waals surface area contributed by atoms with Gasteiger partial charge in [0.1, 0.15) is 5.82 Å². The predicted molar refractivity (Wildman–Crippen MR) is 119 cm³/mol. The monoisotopic (exact) mass is 396 g/mol. The smallest absolute Gasteiger partial charge is 0.257 e. The van der Waals surface area contributed by atoms with Crippen molar-refractivity contribution in [1.82, 2.24) is 4.90 Å². The highest BCUT2D eigenvalue weighted by atomic mass is 19.1. The molecule has 2 aromatic carbocycles. The zero-order chi connectivity index (χ0) is 21.0. The molecule has 1 amide bonds. The molecule has 1 heterocycles. The number of hydrogen-bond acceptors (Lipinski definition) is 4. The van der Waals surface area contributed by atoms with Gasteiger partial charge in [0.2, 0.25) is 0 Å². The second-order valence-corrected chi connectivity index (χ2v) is 7.75. The summed E-state index contributed by atoms with van der Waals surface area (Å²) >= 11 is 0. The Morgan fingerprint density at radius 2 is 1.83 bits per heavy atom. The maximum atomic E-state index is 14.5. The van der Waals surface area contributed by atoms with Crippen LogP contribution in [0.3, 0.4) is 0 Å². The van der Waals surface area contributed by atoms with Crippen molar-refractivity contribution in [2.45, 2.75) is 39.8 Å². The van der Waals surface area contributed by atoms with E-state index >= 15 is 0 Å². The van der Waals surface area contributed by atoms with E-state index in [1.807, 2.05) is 24.3 Å². The fraction of sp³-hybridized carbons (Fsp3) is 0.348. The molecule has 0 aliphatic carbocycles. The summed E-state index contributed by atoms with van der Waals surface area (Å²) in [5.74, 6) is -0.498. The van der Waals surface area contributed by atoms with Crippen molar-refractivity contribution in [1.29, 1.82) is 0 Å². The fourth-order valence-corrected chi connectivity index (χ4v) is 3.62. The van der Waals surface area contributed by atoms with E-state index in [0.717, 1.165) is 17.8 Å². The third-order valence-corrected chi connectivity index (χ3v) is 5.07. The molecule has 2 aromatic rings. The molecule has 0 saturated carbocycles. The van der Waals surface area contributed by atoms with Crippen LogP contribution in [0.1, 0.15) is 33.3 Å². The van der Waals surface area contributed by atoms with Gasteiger partial charge in [0.25, 0.3) is 5.91 Å². The molecule has 5 nitrogen and oxygen atoms in total. The van der Waals surface area contributed by atoms with Gasteiger partial charge in [-0.2, -0.15) is 0 Å². The van der Waals surface area contributed by atoms with Crippen molar-refractivity contribution in [3.63, 3.8) is 0 Å². The number of benzene rings is 2. The molecule has 0 radical (unpaired) electrons. The van der Waals surface area contributed by atoms with E-state index in [1.165, 1.54) is 6.07 Å². The van der Waals surface area contributed by atoms with Gasteiger partial charge in [0.05, 0.1) is 11.3 Å². The first kappa shape index (κ1) is 20.9. The molecule has 0 saturated heterocycles. The number of halogens is 1. The van der Waals surface area contributed by atoms with Crippen LogP contribution in [0.4, 0.5) is 21.5 Å². The zero-order valence-electron chi connectivity index (χ0n) is 17.4. The summed E-state index contributed by atoms with van der Waals surface area (Å²) in [5.41, 5.74) is 3.21. The number of carbonyl (C=O) groups is 1. The Kier molecular flexibility index (Phi) is 6.54. The van der Waals surface area contributed by atoms with Gasteiger partial charge in [-0.15, -0.1) is 0 Å². The lowest BCUT2D eigenvalue weighted by molar-refractivity contribution is -0.110. The van der Waals surface area contributed by atoms with Gasteiger partial charge in [-0.3, -0.25) is 9.69 Å². The molecule has 0 atom stereocenters. The summed E-state index contributed by atoms with van der Waals surface area (Å²) in [4.78, 5) is 14.5. The van der Waals surface area contributed by atoms with Crippen LogP contribution in [0.25, 0.3) is 5.57 Å². The first-order valence-corrected chi connectivity index (χ1v) is 10.0. The van der Waals surface area contributed by atoms with E-state index in [-0.39, 0.29) is 11.7 Å². The Bertz CT molecular complexity index is 900. The lowest BCUT2D eigenvalue weighted by Gasteiger charge is -2.30. The Balaban J connectivity index is 1.62. The number of nitrogens with zero attached hydrogens (tertiary/aromatic N) is 1. The van der Waals surface area contributed by atoms with Gasteiger partial charge < -0.3 is 16.0 Å². The summed E-state index contributed by atoms with van der Waals surface area (Å²) in [6.07, 6.45) is 1.62. The van der Waals surface area contributed by atoms with E-state index in [1.54, 1.807) is 18.3 Å². The van der Waals surface area contributed by atoms with Crippen molar-refractivity contribution < 1.29 is 9.18 Å². The van der Waals surface area contributed by atoms with Gasteiger partial charge in [-0.25, -0.2) is 4.39 Å². The number of fused-ring (bicyclic) bond motifs is 1. The highest BCUT2D eigenvalue weighted by molar-refractivity contribution is 6.31. The number of amides is 1. The van der Waals surface area contributed by atoms with Crippen LogP contribution >= 0.6 is 0 Å². The summed E-state index contributed by atoms with van der Waals surface area (Å²) in [6, 6.07) is 13.3. The standard InChI is InChI=1S/C23H29FN4O/c1-15(2)28(16(3)4)12-11-25-22-10-9-17(13-20(22)24)26-14-19-18-7-5-6-8-21(18)27-23(19)29/h5-10,13-16,25-26H,11-12H2,1-4H3,(H,27,29)/b19-14+. The molecule has 1 aliphatic rings. The molecule has 6 heteroatoms. The van der Waals surface area contributed by atoms with Crippen molar-refractivity contribution in [3.8, 4) is 0 Å². The van der Waals surface area contributed by atoms with Crippen LogP contribution in [0, 0.1) is 5.82 Å². The van der Waals surface area contributed by atoms with Crippen molar-refractivity contribution in [2.24, 2.45) is 0 Å². The molecule has 0 fully saturated rings. The van der Waals surface area contributed by atoms with Crippen LogP contribution < -0.4 is 16.0 Å². The minimum atomic E-state index is -0.328. The molecule has 3 N–H and O–H groups in total. The zero-order valence-corrected chi connectivity index (χ0v) is 17.4. The number of para-hydroxylation sites is 1. The van der Waals surface area contributed by atoms with Gasteiger partial charge in [0, 0.05) is 48.3 Å². The number of hydrogen-bond donors (Lipinski definition) is 3. The van der Waals surface area contributed by atoms with E-state index in [0.29, 0.717) is 35.6 Å². The summed E-state index contributed by atoms with van der Waals surface area (Å²) in [7, 11) is 0. The highest BCUT2D eigenvalue weighted by Gasteiger charge is 2.23. The number of anilines is 3. The largest absolute Gasteiger partial charge is 0.381 e. The predicted octanol–water partition coefficient (Wildman–Crippen LogP) is 4.76. The van der Waals surface area contributed by atoms with Crippen LogP contribution in [-0.2, 0) is 4.79 Å². The molecular weight excluding hydrogens is 367 g/mol. The van der Waals surface area contributed by atoms with Crippen LogP contribution in [-0.4, -0.2) is 36.0 Å². The highest BCUT2D eigenvalue weighted by Crippen LogP contribution is 2.31. The molecule has 1 aliphatic heterocycles. The molecular formula is C23H29FN4O. The maximum absolute atomic E-state index is 14.5. The first-order valence-electron chi connectivity index (χ1n) is 10.0. The molecule has 29 heavy (non-hydrogen) atoms. The average molecular weight is 397 g/mol. The second-order valence-electron chi connectivity index (χ2n) is 7.75. The molecule has 0 bridgehead atoms. The molecule has 0 spiro atoms. The normalized spacial score (nSPS) is 14.6. The summed E-state index contributed by atoms with van der Waals surface area (Å²) < 4.78 is 14.5. The molecule has 154 valence electrons. The quantitative estimate of drug-likeness (QED) is 0.563. The Hall–Kier alpha value is -2.86. The molecule has 0 unspecified atom stereocenters. The number of carbonyl (C=O) groups excluding carboxylic acids is 1. The SMILES string of the molecule is CC(C)N(CCNc1ccc(N/C=C2/C(=O)Nc3ccccc32)cc1F)C(C)C. The number of rotatable bonds is 8. The van der Waals surface area contributed by atoms with Gasteiger partial charge in [-0.05, 0) is 52.0 Å². The lowest BCUT2D eigenvalue weighted by atomic mass is 10.1. The van der Waals surface area contributed by atoms with E-state index in [9.17, 15) is 9.18 Å². The minimum absolute atomic E-state index is 0.169. The Morgan fingerprint density at radius 3 is 2.52 bits per heavy atom. The topological polar surface area (TPSA) is 56.4 Å². The Morgan fingerprint density at radius 1 is 1.10 bits per heavy atom. The van der Waals surface area contributed by atoms with E-state index < -0.39 is 0 Å². The minimum Gasteiger partial charge on any atom is -0.381 e. The molecule has 3 rings (SSSR count). The van der Waals surface area contributed by atoms with Crippen LogP contribution in [0.2, 0.25) is 0 Å². The Labute approximate surface area is 172 Å². The third-order valence-electron chi connectivity index (χ3n) is 5.07. The van der Waals surface area contributed by atoms with Crippen molar-refractivity contribution in [2.75, 3.05) is 29.0 Å². The lowest BCUT2D eigenvalue weighted by Crippen LogP contribution is -2.40.